The molecule has 0 aliphatic carbocycles. The molecule has 1 atom stereocenters. The van der Waals surface area contributed by atoms with Gasteiger partial charge in [0.2, 0.25) is 0 Å². The van der Waals surface area contributed by atoms with Gasteiger partial charge in [0, 0.05) is 11.4 Å². The van der Waals surface area contributed by atoms with Crippen molar-refractivity contribution in [3.63, 3.8) is 0 Å². The molecule has 2 rings (SSSR count). The van der Waals surface area contributed by atoms with Crippen LogP contribution in [0.3, 0.4) is 0 Å². The van der Waals surface area contributed by atoms with E-state index in [9.17, 15) is 10.0 Å². The lowest BCUT2D eigenvalue weighted by molar-refractivity contribution is 0.0584. The van der Waals surface area contributed by atoms with E-state index < -0.39 is 6.10 Å². The van der Waals surface area contributed by atoms with Gasteiger partial charge in [0.1, 0.15) is 18.5 Å². The quantitative estimate of drug-likeness (QED) is 0.628. The van der Waals surface area contributed by atoms with Crippen molar-refractivity contribution in [3.05, 3.63) is 47.4 Å². The van der Waals surface area contributed by atoms with Crippen molar-refractivity contribution in [1.82, 2.24) is 5.01 Å². The summed E-state index contributed by atoms with van der Waals surface area (Å²) in [7, 11) is 0. The average Bonchev–Trinajstić information content (AvgIpc) is 2.50. The smallest absolute Gasteiger partial charge is 0.127 e. The van der Waals surface area contributed by atoms with Crippen LogP contribution in [-0.4, -0.2) is 35.4 Å². The van der Waals surface area contributed by atoms with Crippen LogP contribution in [0.2, 0.25) is 0 Å². The number of fused-ring (bicyclic) bond motifs is 1. The molecule has 5 heteroatoms. The molecule has 0 radical (unpaired) electrons. The van der Waals surface area contributed by atoms with Crippen molar-refractivity contribution in [2.75, 3.05) is 13.2 Å². The lowest BCUT2D eigenvalue weighted by Crippen LogP contribution is -2.36. The van der Waals surface area contributed by atoms with E-state index in [-0.39, 0.29) is 19.2 Å². The lowest BCUT2D eigenvalue weighted by atomic mass is 10.1. The Morgan fingerprint density at radius 3 is 2.62 bits per heavy atom. The van der Waals surface area contributed by atoms with E-state index in [1.165, 1.54) is 5.01 Å². The van der Waals surface area contributed by atoms with Crippen molar-refractivity contribution in [2.45, 2.75) is 26.0 Å². The molecule has 0 aliphatic heterocycles. The average molecular weight is 288 g/mol. The molecular formula is C16H20N2O3. The van der Waals surface area contributed by atoms with Gasteiger partial charge in [-0.1, -0.05) is 36.4 Å². The van der Waals surface area contributed by atoms with Gasteiger partial charge in [0.25, 0.3) is 0 Å². The molecule has 1 N–H and O–H groups in total. The van der Waals surface area contributed by atoms with Gasteiger partial charge < -0.3 is 9.84 Å². The first-order valence-electron chi connectivity index (χ1n) is 7.00. The minimum absolute atomic E-state index is 0.0466. The Balaban J connectivity index is 2.00. The van der Waals surface area contributed by atoms with Crippen LogP contribution >= 0.6 is 0 Å². The molecule has 21 heavy (non-hydrogen) atoms. The van der Waals surface area contributed by atoms with Crippen molar-refractivity contribution in [1.29, 1.82) is 0 Å². The maximum Gasteiger partial charge on any atom is 0.127 e. The molecule has 0 aromatic heterocycles. The highest BCUT2D eigenvalue weighted by Crippen LogP contribution is 2.25. The second-order valence-corrected chi connectivity index (χ2v) is 5.24. The van der Waals surface area contributed by atoms with E-state index in [1.54, 1.807) is 0 Å². The molecular weight excluding hydrogens is 268 g/mol. The van der Waals surface area contributed by atoms with Gasteiger partial charge in [0.05, 0.1) is 11.8 Å². The summed E-state index contributed by atoms with van der Waals surface area (Å²) in [6, 6.07) is 13.6. The molecule has 0 heterocycles. The number of aliphatic hydroxyl groups is 1. The predicted octanol–water partition coefficient (Wildman–Crippen LogP) is 2.97. The van der Waals surface area contributed by atoms with E-state index in [2.05, 4.69) is 5.29 Å². The molecule has 0 bridgehead atoms. The van der Waals surface area contributed by atoms with Gasteiger partial charge in [-0.05, 0) is 25.3 Å². The van der Waals surface area contributed by atoms with Gasteiger partial charge in [0.15, 0.2) is 0 Å². The van der Waals surface area contributed by atoms with Gasteiger partial charge in [-0.25, -0.2) is 0 Å². The summed E-state index contributed by atoms with van der Waals surface area (Å²) >= 11 is 0. The lowest BCUT2D eigenvalue weighted by Gasteiger charge is -2.22. The SMILES string of the molecule is CC(C)N(CC(O)COc1cccc2ccccc12)N=O. The highest BCUT2D eigenvalue weighted by atomic mass is 16.5. The summed E-state index contributed by atoms with van der Waals surface area (Å²) in [5, 5.41) is 16.3. The Hall–Kier alpha value is -2.14. The van der Waals surface area contributed by atoms with Crippen LogP contribution in [-0.2, 0) is 0 Å². The Kier molecular flexibility index (Phi) is 5.11. The van der Waals surface area contributed by atoms with Crippen LogP contribution in [0.1, 0.15) is 13.8 Å². The largest absolute Gasteiger partial charge is 0.490 e. The highest BCUT2D eigenvalue weighted by molar-refractivity contribution is 5.88. The summed E-state index contributed by atoms with van der Waals surface area (Å²) < 4.78 is 5.69. The molecule has 2 aromatic rings. The van der Waals surface area contributed by atoms with Crippen molar-refractivity contribution >= 4 is 10.8 Å². The van der Waals surface area contributed by atoms with Crippen LogP contribution in [0.25, 0.3) is 10.8 Å². The maximum absolute atomic E-state index is 10.7. The van der Waals surface area contributed by atoms with Crippen LogP contribution in [0.5, 0.6) is 5.75 Å². The van der Waals surface area contributed by atoms with E-state index in [4.69, 9.17) is 4.74 Å². The van der Waals surface area contributed by atoms with Crippen LogP contribution in [0.4, 0.5) is 0 Å². The summed E-state index contributed by atoms with van der Waals surface area (Å²) in [6.45, 7) is 3.97. The zero-order valence-electron chi connectivity index (χ0n) is 12.3. The molecule has 0 saturated heterocycles. The van der Waals surface area contributed by atoms with E-state index in [1.807, 2.05) is 56.3 Å². The van der Waals surface area contributed by atoms with Gasteiger partial charge in [-0.15, -0.1) is 4.91 Å². The minimum atomic E-state index is -0.774. The second-order valence-electron chi connectivity index (χ2n) is 5.24. The number of aliphatic hydroxyl groups excluding tert-OH is 1. The molecule has 5 nitrogen and oxygen atoms in total. The molecule has 0 saturated carbocycles. The molecule has 1 unspecified atom stereocenters. The minimum Gasteiger partial charge on any atom is -0.490 e. The number of nitrogens with zero attached hydrogens (tertiary/aromatic N) is 2. The Morgan fingerprint density at radius 1 is 1.19 bits per heavy atom. The number of nitroso groups, excluding NO2 is 1. The summed E-state index contributed by atoms with van der Waals surface area (Å²) in [5.41, 5.74) is 0. The number of benzene rings is 2. The van der Waals surface area contributed by atoms with Gasteiger partial charge >= 0.3 is 0 Å². The third-order valence-electron chi connectivity index (χ3n) is 3.28. The fourth-order valence-corrected chi connectivity index (χ4v) is 2.11. The fraction of sp³-hybridized carbons (Fsp3) is 0.375. The zero-order valence-corrected chi connectivity index (χ0v) is 12.3. The summed E-state index contributed by atoms with van der Waals surface area (Å²) in [4.78, 5) is 10.7. The maximum atomic E-state index is 10.7. The zero-order chi connectivity index (χ0) is 15.2. The monoisotopic (exact) mass is 288 g/mol. The number of hydrogen-bond acceptors (Lipinski definition) is 4. The van der Waals surface area contributed by atoms with E-state index in [0.717, 1.165) is 16.5 Å². The first-order valence-corrected chi connectivity index (χ1v) is 7.00. The fourth-order valence-electron chi connectivity index (χ4n) is 2.11. The van der Waals surface area contributed by atoms with Crippen LogP contribution in [0.15, 0.2) is 47.8 Å². The van der Waals surface area contributed by atoms with Crippen LogP contribution < -0.4 is 4.74 Å². The predicted molar refractivity (Wildman–Crippen MR) is 83.1 cm³/mol. The third kappa shape index (κ3) is 3.92. The summed E-state index contributed by atoms with van der Waals surface area (Å²) in [6.07, 6.45) is -0.774. The first-order chi connectivity index (χ1) is 10.1. The van der Waals surface area contributed by atoms with Crippen LogP contribution in [0, 0.1) is 4.91 Å². The van der Waals surface area contributed by atoms with Crippen molar-refractivity contribution in [3.8, 4) is 5.75 Å². The number of ether oxygens (including phenoxy) is 1. The molecule has 0 spiro atoms. The second kappa shape index (κ2) is 7.04. The Labute approximate surface area is 124 Å². The highest BCUT2D eigenvalue weighted by Gasteiger charge is 2.15. The van der Waals surface area contributed by atoms with E-state index >= 15 is 0 Å². The normalized spacial score (nSPS) is 12.4. The molecule has 2 aromatic carbocycles. The Morgan fingerprint density at radius 2 is 1.90 bits per heavy atom. The third-order valence-corrected chi connectivity index (χ3v) is 3.28. The molecule has 0 fully saturated rings. The topological polar surface area (TPSA) is 62.1 Å². The molecule has 112 valence electrons. The van der Waals surface area contributed by atoms with Crippen molar-refractivity contribution in [2.24, 2.45) is 5.29 Å². The molecule has 0 amide bonds. The van der Waals surface area contributed by atoms with E-state index in [0.29, 0.717) is 0 Å². The Bertz CT molecular complexity index is 596. The summed E-state index contributed by atoms with van der Waals surface area (Å²) in [5.74, 6) is 0.724. The van der Waals surface area contributed by atoms with Gasteiger partial charge in [-0.3, -0.25) is 5.01 Å². The van der Waals surface area contributed by atoms with Crippen molar-refractivity contribution < 1.29 is 9.84 Å². The number of hydrogen-bond donors (Lipinski definition) is 1. The standard InChI is InChI=1S/C16H20N2O3/c1-12(2)18(17-20)10-14(19)11-21-16-9-5-7-13-6-3-4-8-15(13)16/h3-9,12,14,19H,10-11H2,1-2H3. The van der Waals surface area contributed by atoms with Gasteiger partial charge in [-0.2, -0.15) is 0 Å². The molecule has 0 aliphatic rings. The number of rotatable bonds is 7. The first kappa shape index (κ1) is 15.3.